The zero-order valence-corrected chi connectivity index (χ0v) is 15.2. The molecule has 0 saturated carbocycles. The molecule has 3 heterocycles. The summed E-state index contributed by atoms with van der Waals surface area (Å²) in [4.78, 5) is 16.7. The molecular weight excluding hydrogens is 344 g/mol. The van der Waals surface area contributed by atoms with Crippen molar-refractivity contribution >= 4 is 23.0 Å². The molecule has 2 aromatic rings. The van der Waals surface area contributed by atoms with Crippen molar-refractivity contribution in [3.05, 3.63) is 48.2 Å². The van der Waals surface area contributed by atoms with Gasteiger partial charge in [0.05, 0.1) is 18.9 Å². The van der Waals surface area contributed by atoms with Gasteiger partial charge in [0.2, 0.25) is 5.88 Å². The molecule has 0 spiro atoms. The average molecular weight is 366 g/mol. The maximum absolute atomic E-state index is 12.5. The molecule has 1 fully saturated rings. The molecule has 0 aliphatic carbocycles. The summed E-state index contributed by atoms with van der Waals surface area (Å²) >= 11 is 0. The molecule has 1 saturated heterocycles. The number of nitrogens with zero attached hydrogens (tertiary/aromatic N) is 3. The Morgan fingerprint density at radius 1 is 1.30 bits per heavy atom. The Hall–Kier alpha value is -2.93. The summed E-state index contributed by atoms with van der Waals surface area (Å²) in [6.45, 7) is 4.18. The monoisotopic (exact) mass is 366 g/mol. The fourth-order valence-corrected chi connectivity index (χ4v) is 3.08. The molecule has 2 aliphatic heterocycles. The number of rotatable bonds is 5. The molecule has 0 radical (unpaired) electrons. The first kappa shape index (κ1) is 17.5. The van der Waals surface area contributed by atoms with Gasteiger partial charge in [0.1, 0.15) is 6.10 Å². The van der Waals surface area contributed by atoms with Crippen LogP contribution in [0.3, 0.4) is 0 Å². The maximum atomic E-state index is 12.5. The molecule has 1 amide bonds. The van der Waals surface area contributed by atoms with E-state index in [4.69, 9.17) is 9.47 Å². The second kappa shape index (κ2) is 7.75. The number of hydrogen-bond donors (Lipinski definition) is 1. The molecule has 1 aromatic heterocycles. The van der Waals surface area contributed by atoms with Crippen molar-refractivity contribution in [3.63, 3.8) is 0 Å². The zero-order valence-electron chi connectivity index (χ0n) is 15.2. The third-order valence-electron chi connectivity index (χ3n) is 4.57. The number of anilines is 2. The Bertz CT molecular complexity index is 845. The minimum atomic E-state index is -0.177. The van der Waals surface area contributed by atoms with Gasteiger partial charge in [-0.25, -0.2) is 4.98 Å². The summed E-state index contributed by atoms with van der Waals surface area (Å²) < 4.78 is 11.1. The number of carbonyl (C=O) groups excluding carboxylic acids is 1. The van der Waals surface area contributed by atoms with Crippen molar-refractivity contribution < 1.29 is 14.3 Å². The molecule has 140 valence electrons. The summed E-state index contributed by atoms with van der Waals surface area (Å²) in [6, 6.07) is 10.9. The van der Waals surface area contributed by atoms with Gasteiger partial charge in [-0.15, -0.1) is 0 Å². The zero-order chi connectivity index (χ0) is 18.6. The number of carbonyl (C=O) groups is 1. The largest absolute Gasteiger partial charge is 0.472 e. The van der Waals surface area contributed by atoms with Crippen LogP contribution in [0.2, 0.25) is 0 Å². The van der Waals surface area contributed by atoms with Crippen LogP contribution < -0.4 is 15.1 Å². The molecule has 2 aliphatic rings. The van der Waals surface area contributed by atoms with E-state index in [9.17, 15) is 4.79 Å². The normalized spacial score (nSPS) is 19.1. The van der Waals surface area contributed by atoms with Crippen LogP contribution in [0.5, 0.6) is 5.88 Å². The molecule has 27 heavy (non-hydrogen) atoms. The molecule has 7 nitrogen and oxygen atoms in total. The molecular formula is C20H22N4O3. The highest BCUT2D eigenvalue weighted by Gasteiger charge is 2.18. The van der Waals surface area contributed by atoms with Crippen molar-refractivity contribution in [2.45, 2.75) is 25.9 Å². The van der Waals surface area contributed by atoms with Gasteiger partial charge >= 0.3 is 0 Å². The Morgan fingerprint density at radius 3 is 2.85 bits per heavy atom. The first-order valence-corrected chi connectivity index (χ1v) is 9.11. The Labute approximate surface area is 158 Å². The number of aromatic nitrogens is 1. The van der Waals surface area contributed by atoms with Crippen LogP contribution in [0.4, 0.5) is 11.4 Å². The van der Waals surface area contributed by atoms with Crippen LogP contribution in [0.25, 0.3) is 0 Å². The van der Waals surface area contributed by atoms with E-state index in [1.54, 1.807) is 18.3 Å². The van der Waals surface area contributed by atoms with Crippen LogP contribution in [0.15, 0.2) is 47.7 Å². The number of nitrogens with one attached hydrogen (secondary N) is 1. The van der Waals surface area contributed by atoms with E-state index in [0.717, 1.165) is 30.8 Å². The standard InChI is InChI=1S/C20H22N4O3/c1-14-7-10-24(23-14)17-4-2-15(3-5-17)20(25)22-16-6-9-21-19(12-16)27-18-8-11-26-13-18/h2-6,9,12,18H,7-8,10-11,13H2,1H3,(H,21,22,25)/t18-/m0/s1. The topological polar surface area (TPSA) is 76.1 Å². The Balaban J connectivity index is 1.40. The SMILES string of the molecule is CC1=NN(c2ccc(C(=O)Nc3ccnc(O[C@H]4CCOC4)c3)cc2)CC1. The highest BCUT2D eigenvalue weighted by atomic mass is 16.5. The van der Waals surface area contributed by atoms with Crippen molar-refractivity contribution in [2.75, 3.05) is 30.1 Å². The fourth-order valence-electron chi connectivity index (χ4n) is 3.08. The van der Waals surface area contributed by atoms with Crippen LogP contribution in [-0.4, -0.2) is 42.5 Å². The van der Waals surface area contributed by atoms with Crippen molar-refractivity contribution in [2.24, 2.45) is 5.10 Å². The second-order valence-electron chi connectivity index (χ2n) is 6.70. The van der Waals surface area contributed by atoms with E-state index in [2.05, 4.69) is 15.4 Å². The summed E-state index contributed by atoms with van der Waals surface area (Å²) in [7, 11) is 0. The van der Waals surface area contributed by atoms with E-state index < -0.39 is 0 Å². The smallest absolute Gasteiger partial charge is 0.255 e. The summed E-state index contributed by atoms with van der Waals surface area (Å²) in [5.74, 6) is 0.310. The molecule has 1 N–H and O–H groups in total. The van der Waals surface area contributed by atoms with Crippen LogP contribution in [0.1, 0.15) is 30.1 Å². The lowest BCUT2D eigenvalue weighted by atomic mass is 10.2. The number of benzene rings is 1. The van der Waals surface area contributed by atoms with Crippen molar-refractivity contribution in [1.29, 1.82) is 0 Å². The minimum absolute atomic E-state index is 0.0212. The van der Waals surface area contributed by atoms with E-state index in [1.807, 2.05) is 36.2 Å². The van der Waals surface area contributed by atoms with E-state index in [1.165, 1.54) is 0 Å². The third-order valence-corrected chi connectivity index (χ3v) is 4.57. The first-order valence-electron chi connectivity index (χ1n) is 9.11. The van der Waals surface area contributed by atoms with Gasteiger partial charge in [-0.05, 0) is 37.3 Å². The highest BCUT2D eigenvalue weighted by molar-refractivity contribution is 6.04. The predicted octanol–water partition coefficient (Wildman–Crippen LogP) is 3.09. The maximum Gasteiger partial charge on any atom is 0.255 e. The lowest BCUT2D eigenvalue weighted by Crippen LogP contribution is -2.17. The van der Waals surface area contributed by atoms with Crippen molar-refractivity contribution in [1.82, 2.24) is 4.98 Å². The van der Waals surface area contributed by atoms with E-state index in [-0.39, 0.29) is 12.0 Å². The first-order chi connectivity index (χ1) is 13.2. The lowest BCUT2D eigenvalue weighted by Gasteiger charge is -2.14. The average Bonchev–Trinajstić information content (AvgIpc) is 3.34. The summed E-state index contributed by atoms with van der Waals surface area (Å²) in [5, 5.41) is 9.32. The van der Waals surface area contributed by atoms with E-state index >= 15 is 0 Å². The van der Waals surface area contributed by atoms with Gasteiger partial charge < -0.3 is 14.8 Å². The predicted molar refractivity (Wildman–Crippen MR) is 104 cm³/mol. The van der Waals surface area contributed by atoms with Crippen LogP contribution >= 0.6 is 0 Å². The van der Waals surface area contributed by atoms with Gasteiger partial charge in [0, 0.05) is 48.6 Å². The molecule has 4 rings (SSSR count). The van der Waals surface area contributed by atoms with Gasteiger partial charge in [-0.1, -0.05) is 0 Å². The number of hydrazone groups is 1. The molecule has 1 atom stereocenters. The number of amides is 1. The molecule has 0 unspecified atom stereocenters. The Morgan fingerprint density at radius 2 is 2.15 bits per heavy atom. The fraction of sp³-hybridized carbons (Fsp3) is 0.350. The Kier molecular flexibility index (Phi) is 5.02. The van der Waals surface area contributed by atoms with Gasteiger partial charge in [0.25, 0.3) is 5.91 Å². The van der Waals surface area contributed by atoms with Crippen LogP contribution in [0, 0.1) is 0 Å². The lowest BCUT2D eigenvalue weighted by molar-refractivity contribution is 0.102. The van der Waals surface area contributed by atoms with Gasteiger partial charge in [-0.3, -0.25) is 9.80 Å². The van der Waals surface area contributed by atoms with Gasteiger partial charge in [-0.2, -0.15) is 5.10 Å². The number of pyridine rings is 1. The van der Waals surface area contributed by atoms with Crippen molar-refractivity contribution in [3.8, 4) is 5.88 Å². The third kappa shape index (κ3) is 4.25. The number of hydrogen-bond acceptors (Lipinski definition) is 6. The molecule has 0 bridgehead atoms. The van der Waals surface area contributed by atoms with E-state index in [0.29, 0.717) is 30.3 Å². The highest BCUT2D eigenvalue weighted by Crippen LogP contribution is 2.21. The minimum Gasteiger partial charge on any atom is -0.472 e. The second-order valence-corrected chi connectivity index (χ2v) is 6.70. The summed E-state index contributed by atoms with van der Waals surface area (Å²) in [6.07, 6.45) is 3.47. The molecule has 7 heteroatoms. The van der Waals surface area contributed by atoms with Crippen LogP contribution in [-0.2, 0) is 4.74 Å². The molecule has 1 aromatic carbocycles. The number of ether oxygens (including phenoxy) is 2. The van der Waals surface area contributed by atoms with Gasteiger partial charge in [0.15, 0.2) is 0 Å². The summed E-state index contributed by atoms with van der Waals surface area (Å²) in [5.41, 5.74) is 3.34. The quantitative estimate of drug-likeness (QED) is 0.880.